The Morgan fingerprint density at radius 1 is 1.53 bits per heavy atom. The Balaban J connectivity index is 2.82. The maximum atomic E-state index is 11.6. The van der Waals surface area contributed by atoms with Crippen molar-refractivity contribution >= 4 is 23.2 Å². The first-order chi connectivity index (χ1) is 8.08. The van der Waals surface area contributed by atoms with Crippen molar-refractivity contribution in [3.05, 3.63) is 22.7 Å². The van der Waals surface area contributed by atoms with E-state index in [2.05, 4.69) is 5.32 Å². The van der Waals surface area contributed by atoms with Crippen LogP contribution in [0.4, 0.5) is 5.69 Å². The molecule has 0 aliphatic rings. The molecule has 0 heterocycles. The lowest BCUT2D eigenvalue weighted by Gasteiger charge is -2.12. The van der Waals surface area contributed by atoms with E-state index in [4.69, 9.17) is 22.1 Å². The molecular formula is C12H17ClN2O2. The summed E-state index contributed by atoms with van der Waals surface area (Å²) in [6.45, 7) is 2.38. The number of nitrogens with one attached hydrogen (secondary N) is 1. The summed E-state index contributed by atoms with van der Waals surface area (Å²) in [6.07, 6.45) is 1.07. The van der Waals surface area contributed by atoms with E-state index in [1.807, 2.05) is 6.92 Å². The van der Waals surface area contributed by atoms with Crippen LogP contribution in [0.5, 0.6) is 5.75 Å². The van der Waals surface area contributed by atoms with Crippen LogP contribution in [0.15, 0.2) is 12.1 Å². The van der Waals surface area contributed by atoms with E-state index in [-0.39, 0.29) is 5.91 Å². The second kappa shape index (κ2) is 6.47. The number of aryl methyl sites for hydroxylation is 1. The Hall–Kier alpha value is -1.26. The molecule has 4 nitrogen and oxygen atoms in total. The number of hydrogen-bond acceptors (Lipinski definition) is 3. The normalized spacial score (nSPS) is 10.1. The zero-order chi connectivity index (χ0) is 12.8. The standard InChI is InChI=1S/C12H17ClN2O2/c1-8-6-10(11(17-2)7-9(8)13)15-12(16)4-3-5-14/h6-7H,3-5,14H2,1-2H3,(H,15,16). The summed E-state index contributed by atoms with van der Waals surface area (Å²) in [5.74, 6) is 0.483. The highest BCUT2D eigenvalue weighted by atomic mass is 35.5. The van der Waals surface area contributed by atoms with Gasteiger partial charge in [-0.3, -0.25) is 4.79 Å². The van der Waals surface area contributed by atoms with E-state index in [1.165, 1.54) is 7.11 Å². The quantitative estimate of drug-likeness (QED) is 0.850. The first-order valence-corrected chi connectivity index (χ1v) is 5.80. The molecule has 0 radical (unpaired) electrons. The number of rotatable bonds is 5. The molecule has 1 aromatic rings. The van der Waals surface area contributed by atoms with Gasteiger partial charge in [0, 0.05) is 17.5 Å². The Morgan fingerprint density at radius 3 is 2.82 bits per heavy atom. The molecule has 1 aromatic carbocycles. The van der Waals surface area contributed by atoms with E-state index in [9.17, 15) is 4.79 Å². The van der Waals surface area contributed by atoms with Crippen LogP contribution < -0.4 is 15.8 Å². The molecule has 0 atom stereocenters. The Bertz CT molecular complexity index is 408. The van der Waals surface area contributed by atoms with Gasteiger partial charge < -0.3 is 15.8 Å². The fraction of sp³-hybridized carbons (Fsp3) is 0.417. The van der Waals surface area contributed by atoms with Gasteiger partial charge in [0.25, 0.3) is 0 Å². The molecule has 0 bridgehead atoms. The number of nitrogens with two attached hydrogens (primary N) is 1. The van der Waals surface area contributed by atoms with Gasteiger partial charge in [0.2, 0.25) is 5.91 Å². The third kappa shape index (κ3) is 3.91. The van der Waals surface area contributed by atoms with Gasteiger partial charge in [-0.2, -0.15) is 0 Å². The first kappa shape index (κ1) is 13.8. The zero-order valence-electron chi connectivity index (χ0n) is 10.0. The van der Waals surface area contributed by atoms with Crippen LogP contribution in [0.25, 0.3) is 0 Å². The maximum Gasteiger partial charge on any atom is 0.224 e. The predicted octanol–water partition coefficient (Wildman–Crippen LogP) is 2.33. The van der Waals surface area contributed by atoms with Crippen LogP contribution in [0, 0.1) is 6.92 Å². The van der Waals surface area contributed by atoms with E-state index >= 15 is 0 Å². The van der Waals surface area contributed by atoms with Gasteiger partial charge >= 0.3 is 0 Å². The van der Waals surface area contributed by atoms with Gasteiger partial charge in [0.15, 0.2) is 0 Å². The average Bonchev–Trinajstić information content (AvgIpc) is 2.31. The summed E-state index contributed by atoms with van der Waals surface area (Å²) < 4.78 is 5.16. The average molecular weight is 257 g/mol. The van der Waals surface area contributed by atoms with Crippen molar-refractivity contribution in [2.24, 2.45) is 5.73 Å². The van der Waals surface area contributed by atoms with Crippen LogP contribution in [0.2, 0.25) is 5.02 Å². The van der Waals surface area contributed by atoms with Gasteiger partial charge in [-0.15, -0.1) is 0 Å². The van der Waals surface area contributed by atoms with E-state index in [1.54, 1.807) is 12.1 Å². The third-order valence-corrected chi connectivity index (χ3v) is 2.77. The molecule has 0 aliphatic heterocycles. The molecule has 5 heteroatoms. The van der Waals surface area contributed by atoms with Crippen molar-refractivity contribution in [3.63, 3.8) is 0 Å². The molecule has 17 heavy (non-hydrogen) atoms. The molecule has 0 saturated carbocycles. The fourth-order valence-corrected chi connectivity index (χ4v) is 1.56. The van der Waals surface area contributed by atoms with Crippen molar-refractivity contribution in [2.75, 3.05) is 19.0 Å². The number of carbonyl (C=O) groups is 1. The van der Waals surface area contributed by atoms with E-state index in [0.717, 1.165) is 5.56 Å². The van der Waals surface area contributed by atoms with Gasteiger partial charge in [0.05, 0.1) is 12.8 Å². The fourth-order valence-electron chi connectivity index (χ4n) is 1.41. The summed E-state index contributed by atoms with van der Waals surface area (Å²) in [5, 5.41) is 3.40. The number of methoxy groups -OCH3 is 1. The molecule has 3 N–H and O–H groups in total. The number of ether oxygens (including phenoxy) is 1. The number of benzene rings is 1. The summed E-state index contributed by atoms with van der Waals surface area (Å²) in [6, 6.07) is 3.48. The lowest BCUT2D eigenvalue weighted by Crippen LogP contribution is -2.14. The topological polar surface area (TPSA) is 64.3 Å². The number of amides is 1. The summed E-state index contributed by atoms with van der Waals surface area (Å²) >= 11 is 5.98. The van der Waals surface area contributed by atoms with Crippen LogP contribution in [-0.2, 0) is 4.79 Å². The SMILES string of the molecule is COc1cc(Cl)c(C)cc1NC(=O)CCCN. The van der Waals surface area contributed by atoms with Crippen molar-refractivity contribution in [1.82, 2.24) is 0 Å². The molecule has 1 rings (SSSR count). The largest absolute Gasteiger partial charge is 0.495 e. The van der Waals surface area contributed by atoms with Crippen molar-refractivity contribution in [1.29, 1.82) is 0 Å². The molecule has 0 unspecified atom stereocenters. The summed E-state index contributed by atoms with van der Waals surface area (Å²) in [4.78, 5) is 11.6. The lowest BCUT2D eigenvalue weighted by molar-refractivity contribution is -0.116. The highest BCUT2D eigenvalue weighted by Crippen LogP contribution is 2.30. The van der Waals surface area contributed by atoms with E-state index in [0.29, 0.717) is 35.8 Å². The van der Waals surface area contributed by atoms with Crippen molar-refractivity contribution < 1.29 is 9.53 Å². The van der Waals surface area contributed by atoms with Crippen molar-refractivity contribution in [2.45, 2.75) is 19.8 Å². The first-order valence-electron chi connectivity index (χ1n) is 5.42. The molecule has 0 fully saturated rings. The Labute approximate surface area is 106 Å². The van der Waals surface area contributed by atoms with Gasteiger partial charge in [-0.1, -0.05) is 11.6 Å². The zero-order valence-corrected chi connectivity index (χ0v) is 10.8. The minimum absolute atomic E-state index is 0.0736. The molecule has 1 amide bonds. The van der Waals surface area contributed by atoms with E-state index < -0.39 is 0 Å². The van der Waals surface area contributed by atoms with Crippen molar-refractivity contribution in [3.8, 4) is 5.75 Å². The molecule has 0 saturated heterocycles. The molecule has 0 aliphatic carbocycles. The number of hydrogen-bond donors (Lipinski definition) is 2. The monoisotopic (exact) mass is 256 g/mol. The Morgan fingerprint density at radius 2 is 2.24 bits per heavy atom. The second-order valence-corrected chi connectivity index (χ2v) is 4.15. The smallest absolute Gasteiger partial charge is 0.224 e. The third-order valence-electron chi connectivity index (χ3n) is 2.36. The number of anilines is 1. The minimum Gasteiger partial charge on any atom is -0.495 e. The molecular weight excluding hydrogens is 240 g/mol. The highest BCUT2D eigenvalue weighted by molar-refractivity contribution is 6.31. The predicted molar refractivity (Wildman–Crippen MR) is 69.7 cm³/mol. The number of halogens is 1. The molecule has 0 spiro atoms. The molecule has 94 valence electrons. The van der Waals surface area contributed by atoms with Gasteiger partial charge in [0.1, 0.15) is 5.75 Å². The van der Waals surface area contributed by atoms with Crippen LogP contribution >= 0.6 is 11.6 Å². The van der Waals surface area contributed by atoms with Crippen LogP contribution in [0.3, 0.4) is 0 Å². The summed E-state index contributed by atoms with van der Waals surface area (Å²) in [7, 11) is 1.54. The lowest BCUT2D eigenvalue weighted by atomic mass is 10.2. The van der Waals surface area contributed by atoms with Crippen LogP contribution in [-0.4, -0.2) is 19.6 Å². The molecule has 0 aromatic heterocycles. The Kier molecular flexibility index (Phi) is 5.25. The number of carbonyl (C=O) groups excluding carboxylic acids is 1. The minimum atomic E-state index is -0.0736. The van der Waals surface area contributed by atoms with Gasteiger partial charge in [-0.25, -0.2) is 0 Å². The van der Waals surface area contributed by atoms with Gasteiger partial charge in [-0.05, 0) is 31.5 Å². The maximum absolute atomic E-state index is 11.6. The highest BCUT2D eigenvalue weighted by Gasteiger charge is 2.09. The van der Waals surface area contributed by atoms with Crippen LogP contribution in [0.1, 0.15) is 18.4 Å². The second-order valence-electron chi connectivity index (χ2n) is 3.74. The summed E-state index contributed by atoms with van der Waals surface area (Å²) in [5.41, 5.74) is 6.87.